The molecule has 0 saturated carbocycles. The van der Waals surface area contributed by atoms with Gasteiger partial charge in [-0.25, -0.2) is 0 Å². The molecule has 0 unspecified atom stereocenters. The first-order chi connectivity index (χ1) is 3.06. The molecule has 0 atom stereocenters. The smallest absolute Gasteiger partial charge is 0.0623 e. The van der Waals surface area contributed by atoms with Crippen molar-refractivity contribution in [3.8, 4) is 0 Å². The topological polar surface area (TPSA) is 26.3 Å². The molecule has 0 amide bonds. The van der Waals surface area contributed by atoms with Gasteiger partial charge in [-0.05, 0) is 20.8 Å². The van der Waals surface area contributed by atoms with Crippen LogP contribution in [0.2, 0.25) is 0 Å². The van der Waals surface area contributed by atoms with Gasteiger partial charge in [0.15, 0.2) is 0 Å². The minimum absolute atomic E-state index is 0. The van der Waals surface area contributed by atoms with Gasteiger partial charge in [-0.15, -0.1) is 0 Å². The van der Waals surface area contributed by atoms with Gasteiger partial charge < -0.3 is 9.53 Å². The van der Waals surface area contributed by atoms with Gasteiger partial charge in [0.25, 0.3) is 0 Å². The third kappa shape index (κ3) is 9.41. The van der Waals surface area contributed by atoms with Gasteiger partial charge in [-0.3, -0.25) is 0 Å². The van der Waals surface area contributed by atoms with Crippen molar-refractivity contribution in [1.29, 1.82) is 0 Å². The Hall–Kier alpha value is 0.0544. The molecule has 8 heavy (non-hydrogen) atoms. The molecule has 0 spiro atoms. The molecule has 2 nitrogen and oxygen atoms in total. The zero-order valence-corrected chi connectivity index (χ0v) is 6.66. The molecule has 47 valence electrons. The minimum Gasteiger partial charge on any atom is -0.649 e. The Balaban J connectivity index is 0. The molecule has 0 rings (SSSR count). The largest absolute Gasteiger partial charge is 0.649 e. The van der Waals surface area contributed by atoms with E-state index >= 15 is 0 Å². The second kappa shape index (κ2) is 3.99. The zero-order valence-electron chi connectivity index (χ0n) is 5.26. The van der Waals surface area contributed by atoms with Crippen LogP contribution in [0.1, 0.15) is 20.8 Å². The van der Waals surface area contributed by atoms with Crippen LogP contribution in [-0.4, -0.2) is 12.1 Å². The van der Waals surface area contributed by atoms with E-state index in [1.807, 2.05) is 0 Å². The Kier molecular flexibility index (Phi) is 5.45. The first-order valence-electron chi connectivity index (χ1n) is 2.11. The van der Waals surface area contributed by atoms with E-state index in [4.69, 9.17) is 0 Å². The van der Waals surface area contributed by atoms with Crippen molar-refractivity contribution in [2.45, 2.75) is 26.4 Å². The second-order valence-corrected chi connectivity index (χ2v) is 2.30. The van der Waals surface area contributed by atoms with Crippen LogP contribution >= 0.6 is 0 Å². The van der Waals surface area contributed by atoms with Crippen LogP contribution < -0.4 is 0 Å². The third-order valence-corrected chi connectivity index (χ3v) is 0.348. The quantitative estimate of drug-likeness (QED) is 0.521. The molecule has 0 fully saturated rings. The van der Waals surface area contributed by atoms with Crippen molar-refractivity contribution in [3.63, 3.8) is 0 Å². The van der Waals surface area contributed by atoms with Crippen molar-refractivity contribution in [2.75, 3.05) is 0 Å². The van der Waals surface area contributed by atoms with Gasteiger partial charge in [-0.2, -0.15) is 0 Å². The van der Waals surface area contributed by atoms with Crippen LogP contribution in [0, 0.1) is 0 Å². The molecule has 0 N–H and O–H groups in total. The summed E-state index contributed by atoms with van der Waals surface area (Å²) in [5.74, 6) is 0. The monoisotopic (exact) mass is 152 g/mol. The maximum atomic E-state index is 9.47. The van der Waals surface area contributed by atoms with Crippen molar-refractivity contribution in [2.24, 2.45) is 0 Å². The molecule has 0 aliphatic heterocycles. The molecule has 3 heteroatoms. The van der Waals surface area contributed by atoms with Gasteiger partial charge in [-0.1, -0.05) is 6.47 Å². The molecule has 1 radical (unpaired) electrons. The molecule has 0 bridgehead atoms. The maximum Gasteiger partial charge on any atom is 0.0623 e. The summed E-state index contributed by atoms with van der Waals surface area (Å²) in [6, 6.07) is 0. The summed E-state index contributed by atoms with van der Waals surface area (Å²) in [6.45, 7) is 6.73. The standard InChI is InChI=1S/C5H9O2.V/c1-5(2,3)7-4-6;/h1-3H3;/q-1;. The van der Waals surface area contributed by atoms with E-state index < -0.39 is 0 Å². The van der Waals surface area contributed by atoms with Crippen molar-refractivity contribution >= 4 is 6.47 Å². The summed E-state index contributed by atoms with van der Waals surface area (Å²) >= 11 is 0. The van der Waals surface area contributed by atoms with Gasteiger partial charge >= 0.3 is 0 Å². The first-order valence-corrected chi connectivity index (χ1v) is 2.11. The number of ether oxygens (including phenoxy) is 1. The Morgan fingerprint density at radius 2 is 1.75 bits per heavy atom. The minimum atomic E-state index is -0.373. The van der Waals surface area contributed by atoms with E-state index in [1.165, 1.54) is 6.47 Å². The van der Waals surface area contributed by atoms with E-state index in [-0.39, 0.29) is 24.2 Å². The molecule has 0 aromatic rings. The normalized spacial score (nSPS) is 9.38. The summed E-state index contributed by atoms with van der Waals surface area (Å²) in [5, 5.41) is 0. The second-order valence-electron chi connectivity index (χ2n) is 2.30. The maximum absolute atomic E-state index is 9.47. The van der Waals surface area contributed by atoms with E-state index in [0.717, 1.165) is 0 Å². The van der Waals surface area contributed by atoms with Crippen LogP contribution in [0.5, 0.6) is 0 Å². The Labute approximate surface area is 61.5 Å². The first kappa shape index (κ1) is 10.9. The molecule has 0 heterocycles. The summed E-state index contributed by atoms with van der Waals surface area (Å²) < 4.78 is 4.42. The molecular weight excluding hydrogens is 143 g/mol. The van der Waals surface area contributed by atoms with Crippen molar-refractivity contribution < 1.29 is 28.1 Å². The number of hydrogen-bond acceptors (Lipinski definition) is 2. The average molecular weight is 152 g/mol. The molecular formula is C5H9O2V-. The Morgan fingerprint density at radius 3 is 1.75 bits per heavy atom. The van der Waals surface area contributed by atoms with Crippen molar-refractivity contribution in [3.05, 3.63) is 0 Å². The van der Waals surface area contributed by atoms with Crippen LogP contribution in [0.15, 0.2) is 0 Å². The number of hydrogen-bond donors (Lipinski definition) is 0. The predicted octanol–water partition coefficient (Wildman–Crippen LogP) is 0.866. The van der Waals surface area contributed by atoms with E-state index in [9.17, 15) is 4.79 Å². The molecule has 0 aliphatic carbocycles. The van der Waals surface area contributed by atoms with E-state index in [2.05, 4.69) is 4.74 Å². The van der Waals surface area contributed by atoms with E-state index in [0.29, 0.717) is 0 Å². The van der Waals surface area contributed by atoms with Crippen LogP contribution in [0.25, 0.3) is 0 Å². The molecule has 0 saturated heterocycles. The fourth-order valence-corrected chi connectivity index (χ4v) is 0.125. The predicted molar refractivity (Wildman–Crippen MR) is 26.5 cm³/mol. The fraction of sp³-hybridized carbons (Fsp3) is 0.800. The van der Waals surface area contributed by atoms with Gasteiger partial charge in [0.1, 0.15) is 0 Å². The molecule has 0 aromatic heterocycles. The van der Waals surface area contributed by atoms with Gasteiger partial charge in [0.05, 0.1) is 5.60 Å². The van der Waals surface area contributed by atoms with Gasteiger partial charge in [0, 0.05) is 18.6 Å². The summed E-state index contributed by atoms with van der Waals surface area (Å²) in [7, 11) is 0. The Bertz CT molecular complexity index is 65.3. The van der Waals surface area contributed by atoms with Crippen LogP contribution in [0.4, 0.5) is 0 Å². The van der Waals surface area contributed by atoms with Crippen LogP contribution in [0.3, 0.4) is 0 Å². The third-order valence-electron chi connectivity index (χ3n) is 0.348. The summed E-state index contributed by atoms with van der Waals surface area (Å²) in [4.78, 5) is 9.47. The SMILES string of the molecule is CC(C)(C)O[C-]=O.[V]. The Morgan fingerprint density at radius 1 is 1.38 bits per heavy atom. The van der Waals surface area contributed by atoms with Crippen LogP contribution in [-0.2, 0) is 28.1 Å². The fourth-order valence-electron chi connectivity index (χ4n) is 0.125. The van der Waals surface area contributed by atoms with Crippen molar-refractivity contribution in [1.82, 2.24) is 0 Å². The summed E-state index contributed by atoms with van der Waals surface area (Å²) in [6.07, 6.45) is 0. The molecule has 0 aromatic carbocycles. The molecule has 0 aliphatic rings. The van der Waals surface area contributed by atoms with E-state index in [1.54, 1.807) is 20.8 Å². The number of rotatable bonds is 1. The van der Waals surface area contributed by atoms with Gasteiger partial charge in [0.2, 0.25) is 0 Å². The number of carbonyl (C=O) groups excluding carboxylic acids is 1. The summed E-state index contributed by atoms with van der Waals surface area (Å²) in [5.41, 5.74) is -0.373. The zero-order chi connectivity index (χ0) is 5.91. The average Bonchev–Trinajstić information content (AvgIpc) is 1.30.